The molecule has 0 aromatic carbocycles. The SMILES string of the molecule is [2H]C([2H])([2H])n1ncc2c(-c3nc(N)c4c(n3)NC(=O)C4(C)C3CC3)nc(CCC(F)(F)C(F)(F)F)nc21. The van der Waals surface area contributed by atoms with E-state index < -0.39 is 43.2 Å². The summed E-state index contributed by atoms with van der Waals surface area (Å²) in [7, 11) is 0. The number of nitrogens with zero attached hydrogens (tertiary/aromatic N) is 6. The third kappa shape index (κ3) is 3.26. The third-order valence-corrected chi connectivity index (χ3v) is 6.32. The van der Waals surface area contributed by atoms with E-state index in [2.05, 4.69) is 30.4 Å². The predicted molar refractivity (Wildman–Crippen MR) is 110 cm³/mol. The molecule has 2 aliphatic rings. The number of fused-ring (bicyclic) bond motifs is 2. The van der Waals surface area contributed by atoms with E-state index in [1.807, 2.05) is 0 Å². The quantitative estimate of drug-likeness (QED) is 0.532. The van der Waals surface area contributed by atoms with Gasteiger partial charge in [-0.25, -0.2) is 19.9 Å². The van der Waals surface area contributed by atoms with E-state index >= 15 is 0 Å². The number of nitrogens with one attached hydrogen (secondary N) is 1. The van der Waals surface area contributed by atoms with Gasteiger partial charge in [-0.2, -0.15) is 27.1 Å². The van der Waals surface area contributed by atoms with Gasteiger partial charge in [0.25, 0.3) is 0 Å². The van der Waals surface area contributed by atoms with Crippen LogP contribution in [0.1, 0.15) is 41.7 Å². The van der Waals surface area contributed by atoms with E-state index in [0.717, 1.165) is 19.0 Å². The van der Waals surface area contributed by atoms with Gasteiger partial charge in [-0.3, -0.25) is 9.48 Å². The number of aryl methyl sites for hydroxylation is 2. The van der Waals surface area contributed by atoms with Crippen LogP contribution in [0.2, 0.25) is 0 Å². The van der Waals surface area contributed by atoms with Gasteiger partial charge in [0.15, 0.2) is 11.5 Å². The van der Waals surface area contributed by atoms with Crippen molar-refractivity contribution >= 4 is 28.6 Å². The molecule has 1 fully saturated rings. The van der Waals surface area contributed by atoms with E-state index in [1.165, 1.54) is 0 Å². The Labute approximate surface area is 193 Å². The van der Waals surface area contributed by atoms with Crippen LogP contribution in [0.25, 0.3) is 22.6 Å². The molecule has 1 aliphatic carbocycles. The summed E-state index contributed by atoms with van der Waals surface area (Å²) in [5, 5.41) is 6.43. The van der Waals surface area contributed by atoms with Crippen LogP contribution >= 0.6 is 0 Å². The molecule has 1 unspecified atom stereocenters. The summed E-state index contributed by atoms with van der Waals surface area (Å²) in [6.07, 6.45) is -5.69. The minimum atomic E-state index is -5.79. The van der Waals surface area contributed by atoms with Crippen molar-refractivity contribution in [2.45, 2.75) is 50.1 Å². The molecule has 3 N–H and O–H groups in total. The fourth-order valence-corrected chi connectivity index (χ4v) is 4.23. The van der Waals surface area contributed by atoms with Crippen LogP contribution in [-0.2, 0) is 23.6 Å². The number of hydrogen-bond donors (Lipinski definition) is 2. The van der Waals surface area contributed by atoms with E-state index in [1.54, 1.807) is 6.92 Å². The minimum Gasteiger partial charge on any atom is -0.383 e. The molecular weight excluding hydrogens is 463 g/mol. The Balaban J connectivity index is 1.64. The summed E-state index contributed by atoms with van der Waals surface area (Å²) in [5.41, 5.74) is 5.14. The third-order valence-electron chi connectivity index (χ3n) is 6.32. The van der Waals surface area contributed by atoms with Crippen LogP contribution in [0.4, 0.5) is 33.6 Å². The van der Waals surface area contributed by atoms with Crippen LogP contribution in [0.5, 0.6) is 0 Å². The second-order valence-electron chi connectivity index (χ2n) is 8.57. The molecule has 1 atom stereocenters. The molecule has 1 amide bonds. The Hall–Kier alpha value is -3.45. The van der Waals surface area contributed by atoms with E-state index in [0.29, 0.717) is 10.2 Å². The normalized spacial score (nSPS) is 22.3. The monoisotopic (exact) mass is 485 g/mol. The highest BCUT2D eigenvalue weighted by Gasteiger charge is 2.57. The van der Waals surface area contributed by atoms with Crippen molar-refractivity contribution in [2.24, 2.45) is 12.9 Å². The first kappa shape index (κ1) is 18.9. The fourth-order valence-electron chi connectivity index (χ4n) is 4.23. The molecule has 3 aromatic heterocycles. The number of nitrogens with two attached hydrogens (primary N) is 1. The molecule has 3 aromatic rings. The lowest BCUT2D eigenvalue weighted by molar-refractivity contribution is -0.284. The molecule has 34 heavy (non-hydrogen) atoms. The van der Waals surface area contributed by atoms with Gasteiger partial charge in [-0.1, -0.05) is 0 Å². The number of nitrogen functional groups attached to an aromatic ring is 1. The van der Waals surface area contributed by atoms with Crippen molar-refractivity contribution in [3.63, 3.8) is 0 Å². The maximum absolute atomic E-state index is 13.6. The molecule has 4 heterocycles. The number of hydrogen-bond acceptors (Lipinski definition) is 7. The zero-order chi connectivity index (χ0) is 27.1. The summed E-state index contributed by atoms with van der Waals surface area (Å²) >= 11 is 0. The van der Waals surface area contributed by atoms with Crippen molar-refractivity contribution in [3.05, 3.63) is 17.6 Å². The number of amides is 1. The zero-order valence-corrected chi connectivity index (χ0v) is 17.5. The molecule has 1 aliphatic heterocycles. The van der Waals surface area contributed by atoms with Crippen molar-refractivity contribution in [1.82, 2.24) is 29.7 Å². The lowest BCUT2D eigenvalue weighted by Gasteiger charge is -2.22. The van der Waals surface area contributed by atoms with Gasteiger partial charge < -0.3 is 11.1 Å². The number of alkyl halides is 5. The first-order valence-corrected chi connectivity index (χ1v) is 10.2. The summed E-state index contributed by atoms with van der Waals surface area (Å²) in [5.74, 6) is -5.95. The van der Waals surface area contributed by atoms with Crippen LogP contribution in [0.15, 0.2) is 6.20 Å². The van der Waals surface area contributed by atoms with Gasteiger partial charge in [0.1, 0.15) is 23.2 Å². The number of carbonyl (C=O) groups is 1. The number of carbonyl (C=O) groups excluding carboxylic acids is 1. The molecular formula is C20H19F5N8O. The molecule has 180 valence electrons. The zero-order valence-electron chi connectivity index (χ0n) is 20.5. The smallest absolute Gasteiger partial charge is 0.383 e. The molecule has 0 radical (unpaired) electrons. The van der Waals surface area contributed by atoms with Crippen molar-refractivity contribution < 1.29 is 30.9 Å². The van der Waals surface area contributed by atoms with Crippen molar-refractivity contribution in [1.29, 1.82) is 0 Å². The first-order valence-electron chi connectivity index (χ1n) is 11.7. The molecule has 0 bridgehead atoms. The second kappa shape index (κ2) is 7.03. The van der Waals surface area contributed by atoms with E-state index in [4.69, 9.17) is 9.85 Å². The maximum Gasteiger partial charge on any atom is 0.453 e. The van der Waals surface area contributed by atoms with Gasteiger partial charge in [0, 0.05) is 23.9 Å². The predicted octanol–water partition coefficient (Wildman–Crippen LogP) is 3.15. The Morgan fingerprint density at radius 2 is 1.97 bits per heavy atom. The van der Waals surface area contributed by atoms with Crippen LogP contribution in [0, 0.1) is 5.92 Å². The number of aromatic nitrogens is 6. The highest BCUT2D eigenvalue weighted by atomic mass is 19.4. The summed E-state index contributed by atoms with van der Waals surface area (Å²) < 4.78 is 88.7. The molecule has 0 saturated heterocycles. The fraction of sp³-hybridized carbons (Fsp3) is 0.500. The highest BCUT2D eigenvalue weighted by Crippen LogP contribution is 2.54. The van der Waals surface area contributed by atoms with Crippen molar-refractivity contribution in [2.75, 3.05) is 11.1 Å². The Bertz CT molecular complexity index is 1440. The standard InChI is InChI=1S/C20H19F5N8O/c1-18(8-3-4-8)11-13(26)30-15(31-14(11)32-17(18)34)12-9-7-27-33(2)16(9)29-10(28-12)5-6-19(21,22)20(23,24)25/h7-8H,3-6H2,1-2H3,(H3,26,30,31,32,34)/i2D3. The first-order chi connectivity index (χ1) is 17.0. The van der Waals surface area contributed by atoms with E-state index in [9.17, 15) is 26.7 Å². The van der Waals surface area contributed by atoms with Gasteiger partial charge in [0.05, 0.1) is 22.6 Å². The average molecular weight is 485 g/mol. The van der Waals surface area contributed by atoms with Gasteiger partial charge in [-0.15, -0.1) is 0 Å². The highest BCUT2D eigenvalue weighted by molar-refractivity contribution is 6.07. The van der Waals surface area contributed by atoms with Crippen molar-refractivity contribution in [3.8, 4) is 11.5 Å². The van der Waals surface area contributed by atoms with Gasteiger partial charge in [0.2, 0.25) is 5.91 Å². The Kier molecular flexibility index (Phi) is 3.91. The minimum absolute atomic E-state index is 0.00363. The molecule has 14 heteroatoms. The Morgan fingerprint density at radius 3 is 2.62 bits per heavy atom. The summed E-state index contributed by atoms with van der Waals surface area (Å²) in [6, 6.07) is 0. The molecule has 5 rings (SSSR count). The van der Waals surface area contributed by atoms with Crippen LogP contribution in [-0.4, -0.2) is 47.7 Å². The lowest BCUT2D eigenvalue weighted by Crippen LogP contribution is -2.36. The topological polar surface area (TPSA) is 124 Å². The largest absolute Gasteiger partial charge is 0.453 e. The number of anilines is 2. The molecule has 1 saturated carbocycles. The van der Waals surface area contributed by atoms with E-state index in [-0.39, 0.29) is 46.0 Å². The molecule has 9 nitrogen and oxygen atoms in total. The average Bonchev–Trinajstić information content (AvgIpc) is 3.48. The summed E-state index contributed by atoms with van der Waals surface area (Å²) in [6.45, 7) is -1.12. The summed E-state index contributed by atoms with van der Waals surface area (Å²) in [4.78, 5) is 29.3. The van der Waals surface area contributed by atoms with Gasteiger partial charge >= 0.3 is 12.1 Å². The Morgan fingerprint density at radius 1 is 1.24 bits per heavy atom. The van der Waals surface area contributed by atoms with Crippen LogP contribution in [0.3, 0.4) is 0 Å². The van der Waals surface area contributed by atoms with Crippen LogP contribution < -0.4 is 11.1 Å². The second-order valence-corrected chi connectivity index (χ2v) is 8.57. The lowest BCUT2D eigenvalue weighted by atomic mass is 9.79. The van der Waals surface area contributed by atoms with Gasteiger partial charge in [-0.05, 0) is 25.7 Å². The number of rotatable bonds is 5. The number of halogens is 5. The molecule has 0 spiro atoms. The maximum atomic E-state index is 13.6.